The molecule has 0 heterocycles. The molecule has 12 heavy (non-hydrogen) atoms. The second kappa shape index (κ2) is 3.54. The SMILES string of the molecule is CC(CO)c1ccc(F)c(N)c1. The standard InChI is InChI=1S/C9H12FNO/c1-6(5-12)7-2-3-8(10)9(11)4-7/h2-4,6,12H,5,11H2,1H3. The average molecular weight is 169 g/mol. The molecule has 0 aliphatic carbocycles. The lowest BCUT2D eigenvalue weighted by atomic mass is 10.0. The van der Waals surface area contributed by atoms with Gasteiger partial charge in [-0.3, -0.25) is 0 Å². The van der Waals surface area contributed by atoms with Crippen molar-refractivity contribution in [2.75, 3.05) is 12.3 Å². The largest absolute Gasteiger partial charge is 0.396 e. The van der Waals surface area contributed by atoms with E-state index in [2.05, 4.69) is 0 Å². The molecule has 0 radical (unpaired) electrons. The molecule has 0 fully saturated rings. The average Bonchev–Trinajstić information content (AvgIpc) is 2.08. The molecule has 1 atom stereocenters. The monoisotopic (exact) mass is 169 g/mol. The first-order chi connectivity index (χ1) is 5.65. The first-order valence-corrected chi connectivity index (χ1v) is 3.81. The van der Waals surface area contributed by atoms with Gasteiger partial charge >= 0.3 is 0 Å². The molecule has 1 aromatic carbocycles. The predicted octanol–water partition coefficient (Wildman–Crippen LogP) is 1.50. The third-order valence-electron chi connectivity index (χ3n) is 1.86. The van der Waals surface area contributed by atoms with Crippen molar-refractivity contribution in [3.05, 3.63) is 29.6 Å². The number of aliphatic hydroxyl groups is 1. The van der Waals surface area contributed by atoms with E-state index in [4.69, 9.17) is 10.8 Å². The minimum Gasteiger partial charge on any atom is -0.396 e. The first-order valence-electron chi connectivity index (χ1n) is 3.81. The minimum absolute atomic E-state index is 0.00731. The number of benzene rings is 1. The van der Waals surface area contributed by atoms with Gasteiger partial charge in [-0.05, 0) is 17.7 Å². The van der Waals surface area contributed by atoms with Crippen molar-refractivity contribution >= 4 is 5.69 Å². The van der Waals surface area contributed by atoms with E-state index in [-0.39, 0.29) is 18.2 Å². The molecule has 0 aliphatic heterocycles. The van der Waals surface area contributed by atoms with Crippen molar-refractivity contribution in [3.8, 4) is 0 Å². The fourth-order valence-corrected chi connectivity index (χ4v) is 0.974. The number of nitrogens with two attached hydrogens (primary N) is 1. The molecule has 0 aliphatic rings. The van der Waals surface area contributed by atoms with Gasteiger partial charge in [-0.1, -0.05) is 13.0 Å². The van der Waals surface area contributed by atoms with Gasteiger partial charge in [0.2, 0.25) is 0 Å². The van der Waals surface area contributed by atoms with Gasteiger partial charge < -0.3 is 10.8 Å². The van der Waals surface area contributed by atoms with Crippen LogP contribution in [0.1, 0.15) is 18.4 Å². The summed E-state index contributed by atoms with van der Waals surface area (Å²) in [5.41, 5.74) is 6.35. The molecular weight excluding hydrogens is 157 g/mol. The van der Waals surface area contributed by atoms with Crippen molar-refractivity contribution < 1.29 is 9.50 Å². The van der Waals surface area contributed by atoms with Gasteiger partial charge in [0.15, 0.2) is 0 Å². The molecule has 0 saturated heterocycles. The maximum absolute atomic E-state index is 12.7. The lowest BCUT2D eigenvalue weighted by molar-refractivity contribution is 0.273. The molecule has 0 saturated carbocycles. The van der Waals surface area contributed by atoms with Crippen LogP contribution in [0, 0.1) is 5.82 Å². The predicted molar refractivity (Wildman–Crippen MR) is 46.3 cm³/mol. The van der Waals surface area contributed by atoms with Crippen LogP contribution in [0.15, 0.2) is 18.2 Å². The second-order valence-corrected chi connectivity index (χ2v) is 2.86. The van der Waals surface area contributed by atoms with Crippen LogP contribution in [-0.4, -0.2) is 11.7 Å². The molecule has 0 amide bonds. The summed E-state index contributed by atoms with van der Waals surface area (Å²) in [5.74, 6) is -0.406. The highest BCUT2D eigenvalue weighted by molar-refractivity contribution is 5.43. The first kappa shape index (κ1) is 9.00. The molecule has 3 N–H and O–H groups in total. The van der Waals surface area contributed by atoms with Gasteiger partial charge in [0.25, 0.3) is 0 Å². The Balaban J connectivity index is 2.96. The highest BCUT2D eigenvalue weighted by atomic mass is 19.1. The van der Waals surface area contributed by atoms with Crippen LogP contribution in [-0.2, 0) is 0 Å². The highest BCUT2D eigenvalue weighted by Gasteiger charge is 2.05. The molecular formula is C9H12FNO. The smallest absolute Gasteiger partial charge is 0.146 e. The third-order valence-corrected chi connectivity index (χ3v) is 1.86. The van der Waals surface area contributed by atoms with E-state index < -0.39 is 5.82 Å². The molecule has 0 aromatic heterocycles. The number of aliphatic hydroxyl groups excluding tert-OH is 1. The van der Waals surface area contributed by atoms with Crippen LogP contribution in [0.2, 0.25) is 0 Å². The van der Waals surface area contributed by atoms with Crippen LogP contribution in [0.3, 0.4) is 0 Å². The fourth-order valence-electron chi connectivity index (χ4n) is 0.974. The van der Waals surface area contributed by atoms with Crippen molar-refractivity contribution in [2.45, 2.75) is 12.8 Å². The highest BCUT2D eigenvalue weighted by Crippen LogP contribution is 2.19. The molecule has 1 unspecified atom stereocenters. The summed E-state index contributed by atoms with van der Waals surface area (Å²) in [4.78, 5) is 0. The molecule has 0 spiro atoms. The lowest BCUT2D eigenvalue weighted by Gasteiger charge is -2.08. The molecule has 2 nitrogen and oxygen atoms in total. The Labute approximate surface area is 70.8 Å². The van der Waals surface area contributed by atoms with Crippen LogP contribution in [0.5, 0.6) is 0 Å². The summed E-state index contributed by atoms with van der Waals surface area (Å²) in [6.07, 6.45) is 0. The summed E-state index contributed by atoms with van der Waals surface area (Å²) in [6.45, 7) is 1.90. The van der Waals surface area contributed by atoms with Crippen molar-refractivity contribution in [1.82, 2.24) is 0 Å². The number of hydrogen-bond acceptors (Lipinski definition) is 2. The van der Waals surface area contributed by atoms with Crippen molar-refractivity contribution in [3.63, 3.8) is 0 Å². The van der Waals surface area contributed by atoms with Gasteiger partial charge in [-0.25, -0.2) is 4.39 Å². The van der Waals surface area contributed by atoms with Gasteiger partial charge in [-0.15, -0.1) is 0 Å². The van der Waals surface area contributed by atoms with E-state index in [1.807, 2.05) is 6.92 Å². The number of hydrogen-bond donors (Lipinski definition) is 2. The zero-order chi connectivity index (χ0) is 9.14. The number of halogens is 1. The Morgan fingerprint density at radius 1 is 1.58 bits per heavy atom. The molecule has 3 heteroatoms. The summed E-state index contributed by atoms with van der Waals surface area (Å²) < 4.78 is 12.7. The molecule has 1 aromatic rings. The fraction of sp³-hybridized carbons (Fsp3) is 0.333. The van der Waals surface area contributed by atoms with Crippen LogP contribution < -0.4 is 5.73 Å². The Bertz CT molecular complexity index is 275. The quantitative estimate of drug-likeness (QED) is 0.659. The van der Waals surface area contributed by atoms with E-state index in [0.29, 0.717) is 0 Å². The zero-order valence-corrected chi connectivity index (χ0v) is 6.92. The number of nitrogen functional groups attached to an aromatic ring is 1. The van der Waals surface area contributed by atoms with Crippen molar-refractivity contribution in [2.24, 2.45) is 0 Å². The van der Waals surface area contributed by atoms with E-state index in [1.165, 1.54) is 6.07 Å². The normalized spacial score (nSPS) is 12.9. The van der Waals surface area contributed by atoms with E-state index in [1.54, 1.807) is 12.1 Å². The van der Waals surface area contributed by atoms with Gasteiger partial charge in [0.05, 0.1) is 5.69 Å². The Morgan fingerprint density at radius 3 is 2.75 bits per heavy atom. The topological polar surface area (TPSA) is 46.2 Å². The van der Waals surface area contributed by atoms with Crippen LogP contribution >= 0.6 is 0 Å². The molecule has 0 bridgehead atoms. The zero-order valence-electron chi connectivity index (χ0n) is 6.92. The Morgan fingerprint density at radius 2 is 2.25 bits per heavy atom. The van der Waals surface area contributed by atoms with Gasteiger partial charge in [-0.2, -0.15) is 0 Å². The summed E-state index contributed by atoms with van der Waals surface area (Å²) in [5, 5.41) is 8.81. The maximum Gasteiger partial charge on any atom is 0.146 e. The second-order valence-electron chi connectivity index (χ2n) is 2.86. The maximum atomic E-state index is 12.7. The lowest BCUT2D eigenvalue weighted by Crippen LogP contribution is -2.00. The van der Waals surface area contributed by atoms with Gasteiger partial charge in [0, 0.05) is 12.5 Å². The van der Waals surface area contributed by atoms with E-state index in [9.17, 15) is 4.39 Å². The van der Waals surface area contributed by atoms with Crippen LogP contribution in [0.25, 0.3) is 0 Å². The van der Waals surface area contributed by atoms with E-state index in [0.717, 1.165) is 5.56 Å². The summed E-state index contributed by atoms with van der Waals surface area (Å²) in [6, 6.07) is 4.50. The van der Waals surface area contributed by atoms with Gasteiger partial charge in [0.1, 0.15) is 5.82 Å². The van der Waals surface area contributed by atoms with Crippen molar-refractivity contribution in [1.29, 1.82) is 0 Å². The molecule has 66 valence electrons. The summed E-state index contributed by atoms with van der Waals surface area (Å²) in [7, 11) is 0. The number of anilines is 1. The Hall–Kier alpha value is -1.09. The van der Waals surface area contributed by atoms with Crippen LogP contribution in [0.4, 0.5) is 10.1 Å². The molecule has 1 rings (SSSR count). The number of rotatable bonds is 2. The van der Waals surface area contributed by atoms with E-state index >= 15 is 0 Å². The third kappa shape index (κ3) is 1.74. The Kier molecular flexibility index (Phi) is 2.65. The minimum atomic E-state index is -0.413. The summed E-state index contributed by atoms with van der Waals surface area (Å²) >= 11 is 0.